The van der Waals surface area contributed by atoms with Gasteiger partial charge in [-0.15, -0.1) is 0 Å². The molecular formula is C15H11F2O5S-. The Morgan fingerprint density at radius 1 is 1.22 bits per heavy atom. The minimum atomic E-state index is -6.12. The van der Waals surface area contributed by atoms with Gasteiger partial charge in [-0.2, -0.15) is 8.78 Å². The van der Waals surface area contributed by atoms with Gasteiger partial charge in [0, 0.05) is 0 Å². The molecule has 2 aromatic rings. The van der Waals surface area contributed by atoms with E-state index in [4.69, 9.17) is 0 Å². The van der Waals surface area contributed by atoms with Crippen molar-refractivity contribution in [2.45, 2.75) is 11.9 Å². The van der Waals surface area contributed by atoms with Crippen LogP contribution >= 0.6 is 0 Å². The molecule has 0 aliphatic carbocycles. The predicted octanol–water partition coefficient (Wildman–Crippen LogP) is 2.66. The van der Waals surface area contributed by atoms with Crippen LogP contribution in [0.4, 0.5) is 8.78 Å². The fourth-order valence-corrected chi connectivity index (χ4v) is 2.13. The molecular weight excluding hydrogens is 330 g/mol. The van der Waals surface area contributed by atoms with E-state index in [1.807, 2.05) is 6.07 Å². The summed E-state index contributed by atoms with van der Waals surface area (Å²) < 4.78 is 61.2. The Kier molecular flexibility index (Phi) is 4.49. The summed E-state index contributed by atoms with van der Waals surface area (Å²) in [7, 11) is -6.12. The van der Waals surface area contributed by atoms with E-state index in [0.29, 0.717) is 5.56 Å². The Bertz CT molecular complexity index is 875. The van der Waals surface area contributed by atoms with Crippen molar-refractivity contribution in [2.24, 2.45) is 0 Å². The van der Waals surface area contributed by atoms with Gasteiger partial charge >= 0.3 is 11.2 Å². The normalized spacial score (nSPS) is 12.1. The first-order valence-corrected chi connectivity index (χ1v) is 7.71. The van der Waals surface area contributed by atoms with Gasteiger partial charge < -0.3 is 9.29 Å². The standard InChI is InChI=1S/C15H12F2O5S/c1-2-10-3-5-13-8-11(4-6-12(13)7-10)9-22-14(18)15(16,17)23(19,20)21/h2-8H,1,9H2,(H,19,20,21)/p-1. The van der Waals surface area contributed by atoms with Crippen LogP contribution in [-0.4, -0.2) is 24.2 Å². The summed E-state index contributed by atoms with van der Waals surface area (Å²) >= 11 is 0. The molecule has 23 heavy (non-hydrogen) atoms. The van der Waals surface area contributed by atoms with Crippen LogP contribution in [0.15, 0.2) is 43.0 Å². The van der Waals surface area contributed by atoms with Gasteiger partial charge in [0.1, 0.15) is 6.61 Å². The van der Waals surface area contributed by atoms with E-state index in [1.165, 1.54) is 6.07 Å². The van der Waals surface area contributed by atoms with Crippen LogP contribution in [0, 0.1) is 0 Å². The number of hydrogen-bond donors (Lipinski definition) is 0. The molecule has 0 saturated carbocycles. The summed E-state index contributed by atoms with van der Waals surface area (Å²) in [5.74, 6) is -2.39. The lowest BCUT2D eigenvalue weighted by atomic mass is 10.0. The first-order chi connectivity index (χ1) is 10.6. The smallest absolute Gasteiger partial charge is 0.428 e. The Labute approximate surface area is 130 Å². The van der Waals surface area contributed by atoms with Gasteiger partial charge in [-0.1, -0.05) is 36.9 Å². The van der Waals surface area contributed by atoms with Gasteiger partial charge in [0.15, 0.2) is 10.1 Å². The average Bonchev–Trinajstić information content (AvgIpc) is 2.50. The minimum Gasteiger partial charge on any atom is -0.743 e. The summed E-state index contributed by atoms with van der Waals surface area (Å²) in [6, 6.07) is 10.2. The third-order valence-electron chi connectivity index (χ3n) is 3.09. The quantitative estimate of drug-likeness (QED) is 0.617. The second-order valence-corrected chi connectivity index (χ2v) is 6.11. The number of hydrogen-bond acceptors (Lipinski definition) is 5. The number of fused-ring (bicyclic) bond motifs is 1. The van der Waals surface area contributed by atoms with Crippen LogP contribution in [0.25, 0.3) is 16.8 Å². The van der Waals surface area contributed by atoms with Crippen molar-refractivity contribution in [3.8, 4) is 0 Å². The van der Waals surface area contributed by atoms with Crippen LogP contribution in [0.3, 0.4) is 0 Å². The topological polar surface area (TPSA) is 83.5 Å². The number of ether oxygens (including phenoxy) is 1. The zero-order valence-corrected chi connectivity index (χ0v) is 12.5. The van der Waals surface area contributed by atoms with Crippen molar-refractivity contribution in [3.63, 3.8) is 0 Å². The molecule has 0 unspecified atom stereocenters. The van der Waals surface area contributed by atoms with Gasteiger partial charge in [0.2, 0.25) is 0 Å². The molecule has 0 bridgehead atoms. The first-order valence-electron chi connectivity index (χ1n) is 6.31. The molecule has 0 radical (unpaired) electrons. The molecule has 0 aliphatic rings. The molecule has 0 aliphatic heterocycles. The predicted molar refractivity (Wildman–Crippen MR) is 78.5 cm³/mol. The molecule has 0 amide bonds. The Hall–Kier alpha value is -2.32. The zero-order valence-electron chi connectivity index (χ0n) is 11.7. The highest BCUT2D eigenvalue weighted by atomic mass is 32.2. The van der Waals surface area contributed by atoms with Crippen LogP contribution in [0.2, 0.25) is 0 Å². The van der Waals surface area contributed by atoms with E-state index < -0.39 is 27.9 Å². The Morgan fingerprint density at radius 2 is 1.83 bits per heavy atom. The third-order valence-corrected chi connectivity index (χ3v) is 3.88. The highest BCUT2D eigenvalue weighted by molar-refractivity contribution is 7.87. The molecule has 2 aromatic carbocycles. The molecule has 0 spiro atoms. The number of esters is 1. The van der Waals surface area contributed by atoms with Gasteiger partial charge in [-0.05, 0) is 34.0 Å². The lowest BCUT2D eigenvalue weighted by molar-refractivity contribution is -0.162. The minimum absolute atomic E-state index is 0.372. The van der Waals surface area contributed by atoms with E-state index in [0.717, 1.165) is 16.3 Å². The molecule has 122 valence electrons. The zero-order chi connectivity index (χ0) is 17.3. The molecule has 0 atom stereocenters. The summed E-state index contributed by atoms with van der Waals surface area (Å²) in [6.07, 6.45) is 1.67. The van der Waals surface area contributed by atoms with E-state index in [-0.39, 0.29) is 0 Å². The third kappa shape index (κ3) is 3.54. The molecule has 0 fully saturated rings. The van der Waals surface area contributed by atoms with Gasteiger partial charge in [-0.3, -0.25) is 0 Å². The monoisotopic (exact) mass is 341 g/mol. The van der Waals surface area contributed by atoms with Gasteiger partial charge in [-0.25, -0.2) is 13.2 Å². The molecule has 5 nitrogen and oxygen atoms in total. The van der Waals surface area contributed by atoms with E-state index >= 15 is 0 Å². The molecule has 0 saturated heterocycles. The summed E-state index contributed by atoms with van der Waals surface area (Å²) in [5.41, 5.74) is 1.27. The maximum atomic E-state index is 13.0. The number of rotatable bonds is 5. The highest BCUT2D eigenvalue weighted by Gasteiger charge is 2.48. The van der Waals surface area contributed by atoms with Crippen molar-refractivity contribution in [3.05, 3.63) is 54.1 Å². The molecule has 0 N–H and O–H groups in total. The molecule has 0 heterocycles. The number of alkyl halides is 2. The van der Waals surface area contributed by atoms with Crippen molar-refractivity contribution in [1.82, 2.24) is 0 Å². The van der Waals surface area contributed by atoms with Crippen LogP contribution in [-0.2, 0) is 26.3 Å². The van der Waals surface area contributed by atoms with Crippen molar-refractivity contribution in [1.29, 1.82) is 0 Å². The van der Waals surface area contributed by atoms with E-state index in [1.54, 1.807) is 30.3 Å². The lowest BCUT2D eigenvalue weighted by Crippen LogP contribution is -2.38. The first kappa shape index (κ1) is 17.0. The maximum absolute atomic E-state index is 13.0. The summed E-state index contributed by atoms with van der Waals surface area (Å²) in [4.78, 5) is 11.1. The number of carbonyl (C=O) groups excluding carboxylic acids is 1. The van der Waals surface area contributed by atoms with Crippen molar-refractivity contribution >= 4 is 32.9 Å². The van der Waals surface area contributed by atoms with Gasteiger partial charge in [0.05, 0.1) is 0 Å². The second-order valence-electron chi connectivity index (χ2n) is 4.69. The fourth-order valence-electron chi connectivity index (χ4n) is 1.87. The van der Waals surface area contributed by atoms with Crippen molar-refractivity contribution in [2.75, 3.05) is 0 Å². The highest BCUT2D eigenvalue weighted by Crippen LogP contribution is 2.23. The SMILES string of the molecule is C=Cc1ccc2cc(COC(=O)C(F)(F)S(=O)(=O)[O-])ccc2c1. The Balaban J connectivity index is 2.17. The van der Waals surface area contributed by atoms with E-state index in [9.17, 15) is 26.5 Å². The maximum Gasteiger partial charge on any atom is 0.428 e. The summed E-state index contributed by atoms with van der Waals surface area (Å²) in [6.45, 7) is 3.06. The summed E-state index contributed by atoms with van der Waals surface area (Å²) in [5, 5.41) is -3.47. The molecule has 8 heteroatoms. The largest absolute Gasteiger partial charge is 0.743 e. The number of benzene rings is 2. The van der Waals surface area contributed by atoms with E-state index in [2.05, 4.69) is 11.3 Å². The second kappa shape index (κ2) is 6.05. The molecule has 2 rings (SSSR count). The number of halogens is 2. The molecule has 0 aromatic heterocycles. The van der Waals surface area contributed by atoms with Crippen LogP contribution in [0.1, 0.15) is 11.1 Å². The van der Waals surface area contributed by atoms with Crippen LogP contribution < -0.4 is 0 Å². The average molecular weight is 341 g/mol. The fraction of sp³-hybridized carbons (Fsp3) is 0.133. The van der Waals surface area contributed by atoms with Crippen molar-refractivity contribution < 1.29 is 31.3 Å². The number of carbonyl (C=O) groups is 1. The van der Waals surface area contributed by atoms with Gasteiger partial charge in [0.25, 0.3) is 0 Å². The Morgan fingerprint density at radius 3 is 2.43 bits per heavy atom. The lowest BCUT2D eigenvalue weighted by Gasteiger charge is -2.18. The van der Waals surface area contributed by atoms with Crippen LogP contribution in [0.5, 0.6) is 0 Å².